The highest BCUT2D eigenvalue weighted by Gasteiger charge is 2.12. The topological polar surface area (TPSA) is 55.6 Å². The summed E-state index contributed by atoms with van der Waals surface area (Å²) in [5.74, 6) is 0.880. The van der Waals surface area contributed by atoms with Crippen LogP contribution in [0.1, 0.15) is 32.2 Å². The maximum absolute atomic E-state index is 4.07. The maximum atomic E-state index is 4.07. The lowest BCUT2D eigenvalue weighted by atomic mass is 10.1. The molecule has 0 aliphatic rings. The van der Waals surface area contributed by atoms with Crippen LogP contribution >= 0.6 is 0 Å². The summed E-state index contributed by atoms with van der Waals surface area (Å²) in [4.78, 5) is 0. The fraction of sp³-hybridized carbons (Fsp3) is 0.500. The van der Waals surface area contributed by atoms with Crippen LogP contribution in [0.5, 0.6) is 0 Å². The average molecular weight is 259 g/mol. The Balaban J connectivity index is 1.92. The number of nitrogens with one attached hydrogen (secondary N) is 1. The van der Waals surface area contributed by atoms with Gasteiger partial charge in [0.05, 0.1) is 6.54 Å². The fourth-order valence-corrected chi connectivity index (χ4v) is 1.75. The molecule has 0 radical (unpaired) electrons. The Kier molecular flexibility index (Phi) is 4.27. The van der Waals surface area contributed by atoms with Crippen LogP contribution < -0.4 is 5.32 Å². The molecule has 1 heterocycles. The monoisotopic (exact) mass is 259 g/mol. The lowest BCUT2D eigenvalue weighted by Gasteiger charge is -2.19. The second kappa shape index (κ2) is 5.93. The van der Waals surface area contributed by atoms with Crippen LogP contribution in [-0.2, 0) is 19.5 Å². The first-order valence-electron chi connectivity index (χ1n) is 6.58. The molecular formula is C14H21N5. The smallest absolute Gasteiger partial charge is 0.165 e. The van der Waals surface area contributed by atoms with E-state index in [0.717, 1.165) is 18.8 Å². The van der Waals surface area contributed by atoms with Crippen LogP contribution in [0.15, 0.2) is 30.3 Å². The van der Waals surface area contributed by atoms with E-state index in [-0.39, 0.29) is 5.54 Å². The van der Waals surface area contributed by atoms with Crippen molar-refractivity contribution >= 4 is 0 Å². The molecule has 0 amide bonds. The van der Waals surface area contributed by atoms with Crippen LogP contribution in [-0.4, -0.2) is 25.7 Å². The van der Waals surface area contributed by atoms with Gasteiger partial charge in [0.2, 0.25) is 0 Å². The molecule has 1 aromatic heterocycles. The molecule has 2 aromatic rings. The molecule has 0 fully saturated rings. The molecule has 19 heavy (non-hydrogen) atoms. The third-order valence-electron chi connectivity index (χ3n) is 2.84. The zero-order chi connectivity index (χ0) is 13.7. The minimum Gasteiger partial charge on any atom is -0.305 e. The Morgan fingerprint density at radius 2 is 1.89 bits per heavy atom. The first-order chi connectivity index (χ1) is 9.04. The quantitative estimate of drug-likeness (QED) is 0.889. The number of hydrogen-bond donors (Lipinski definition) is 1. The molecule has 0 saturated carbocycles. The van der Waals surface area contributed by atoms with E-state index >= 15 is 0 Å². The molecule has 1 N–H and O–H groups in total. The SMILES string of the molecule is CC(C)(C)NCc1nnnn1CCc1ccccc1. The molecule has 0 saturated heterocycles. The van der Waals surface area contributed by atoms with Gasteiger partial charge >= 0.3 is 0 Å². The number of aromatic nitrogens is 4. The predicted octanol–water partition coefficient (Wildman–Crippen LogP) is 1.80. The third kappa shape index (κ3) is 4.44. The van der Waals surface area contributed by atoms with Crippen molar-refractivity contribution < 1.29 is 0 Å². The van der Waals surface area contributed by atoms with Gasteiger partial charge in [-0.3, -0.25) is 0 Å². The summed E-state index contributed by atoms with van der Waals surface area (Å²) in [5.41, 5.74) is 1.36. The molecule has 2 rings (SSSR count). The van der Waals surface area contributed by atoms with E-state index in [0.29, 0.717) is 6.54 Å². The van der Waals surface area contributed by atoms with Crippen LogP contribution in [0.25, 0.3) is 0 Å². The van der Waals surface area contributed by atoms with E-state index in [4.69, 9.17) is 0 Å². The highest BCUT2D eigenvalue weighted by Crippen LogP contribution is 2.04. The summed E-state index contributed by atoms with van der Waals surface area (Å²) in [5, 5.41) is 15.3. The van der Waals surface area contributed by atoms with Crippen LogP contribution in [0.4, 0.5) is 0 Å². The fourth-order valence-electron chi connectivity index (χ4n) is 1.75. The number of nitrogens with zero attached hydrogens (tertiary/aromatic N) is 4. The summed E-state index contributed by atoms with van der Waals surface area (Å²) in [6.45, 7) is 7.88. The van der Waals surface area contributed by atoms with Crippen LogP contribution in [0.2, 0.25) is 0 Å². The van der Waals surface area contributed by atoms with E-state index in [9.17, 15) is 0 Å². The normalized spacial score (nSPS) is 11.7. The summed E-state index contributed by atoms with van der Waals surface area (Å²) in [6.07, 6.45) is 0.939. The van der Waals surface area contributed by atoms with E-state index in [1.807, 2.05) is 10.7 Å². The van der Waals surface area contributed by atoms with Crippen LogP contribution in [0.3, 0.4) is 0 Å². The zero-order valence-corrected chi connectivity index (χ0v) is 11.8. The van der Waals surface area contributed by atoms with Crippen molar-refractivity contribution in [1.82, 2.24) is 25.5 Å². The largest absolute Gasteiger partial charge is 0.305 e. The van der Waals surface area contributed by atoms with Crippen molar-refractivity contribution in [2.45, 2.75) is 45.8 Å². The van der Waals surface area contributed by atoms with Gasteiger partial charge in [0.1, 0.15) is 0 Å². The molecule has 0 aliphatic carbocycles. The summed E-state index contributed by atoms with van der Waals surface area (Å²) >= 11 is 0. The molecule has 0 unspecified atom stereocenters. The Morgan fingerprint density at radius 1 is 1.16 bits per heavy atom. The lowest BCUT2D eigenvalue weighted by molar-refractivity contribution is 0.407. The molecule has 5 heteroatoms. The van der Waals surface area contributed by atoms with Crippen molar-refractivity contribution in [3.05, 3.63) is 41.7 Å². The first-order valence-corrected chi connectivity index (χ1v) is 6.58. The van der Waals surface area contributed by atoms with E-state index in [1.165, 1.54) is 5.56 Å². The summed E-state index contributed by atoms with van der Waals surface area (Å²) < 4.78 is 1.87. The molecule has 0 spiro atoms. The Labute approximate surface area is 114 Å². The summed E-state index contributed by atoms with van der Waals surface area (Å²) in [7, 11) is 0. The number of aryl methyl sites for hydroxylation is 2. The summed E-state index contributed by atoms with van der Waals surface area (Å²) in [6, 6.07) is 10.4. The molecule has 5 nitrogen and oxygen atoms in total. The second-order valence-electron chi connectivity index (χ2n) is 5.66. The first kappa shape index (κ1) is 13.7. The zero-order valence-electron chi connectivity index (χ0n) is 11.8. The number of rotatable bonds is 5. The van der Waals surface area contributed by atoms with E-state index in [1.54, 1.807) is 0 Å². The van der Waals surface area contributed by atoms with Gasteiger partial charge in [-0.05, 0) is 43.2 Å². The number of hydrogen-bond acceptors (Lipinski definition) is 4. The standard InChI is InChI=1S/C14H21N5/c1-14(2,3)15-11-13-16-17-18-19(13)10-9-12-7-5-4-6-8-12/h4-8,15H,9-11H2,1-3H3. The third-order valence-corrected chi connectivity index (χ3v) is 2.84. The van der Waals surface area contributed by atoms with Gasteiger partial charge in [-0.25, -0.2) is 4.68 Å². The van der Waals surface area contributed by atoms with E-state index in [2.05, 4.69) is 65.9 Å². The number of benzene rings is 1. The predicted molar refractivity (Wildman–Crippen MR) is 74.6 cm³/mol. The second-order valence-corrected chi connectivity index (χ2v) is 5.66. The van der Waals surface area contributed by atoms with Gasteiger partial charge < -0.3 is 5.32 Å². The van der Waals surface area contributed by atoms with Gasteiger partial charge in [-0.1, -0.05) is 30.3 Å². The lowest BCUT2D eigenvalue weighted by Crippen LogP contribution is -2.36. The van der Waals surface area contributed by atoms with Crippen molar-refractivity contribution in [3.8, 4) is 0 Å². The highest BCUT2D eigenvalue weighted by atomic mass is 15.5. The minimum absolute atomic E-state index is 0.0657. The Morgan fingerprint density at radius 3 is 2.58 bits per heavy atom. The van der Waals surface area contributed by atoms with Gasteiger partial charge in [-0.2, -0.15) is 0 Å². The Hall–Kier alpha value is -1.75. The maximum Gasteiger partial charge on any atom is 0.165 e. The van der Waals surface area contributed by atoms with Gasteiger partial charge in [-0.15, -0.1) is 5.10 Å². The molecule has 0 bridgehead atoms. The minimum atomic E-state index is 0.0657. The van der Waals surface area contributed by atoms with Crippen molar-refractivity contribution in [2.75, 3.05) is 0 Å². The molecular weight excluding hydrogens is 238 g/mol. The van der Waals surface area contributed by atoms with Gasteiger partial charge in [0.25, 0.3) is 0 Å². The average Bonchev–Trinajstić information content (AvgIpc) is 2.82. The van der Waals surface area contributed by atoms with Crippen molar-refractivity contribution in [3.63, 3.8) is 0 Å². The van der Waals surface area contributed by atoms with Crippen molar-refractivity contribution in [1.29, 1.82) is 0 Å². The number of tetrazole rings is 1. The molecule has 1 aromatic carbocycles. The molecule has 0 atom stereocenters. The van der Waals surface area contributed by atoms with E-state index < -0.39 is 0 Å². The highest BCUT2D eigenvalue weighted by molar-refractivity contribution is 5.14. The van der Waals surface area contributed by atoms with Gasteiger partial charge in [0.15, 0.2) is 5.82 Å². The van der Waals surface area contributed by atoms with Crippen LogP contribution in [0, 0.1) is 0 Å². The Bertz CT molecular complexity index is 498. The molecule has 0 aliphatic heterocycles. The van der Waals surface area contributed by atoms with Crippen molar-refractivity contribution in [2.24, 2.45) is 0 Å². The van der Waals surface area contributed by atoms with Gasteiger partial charge in [0, 0.05) is 12.1 Å². The molecule has 102 valence electrons.